The SMILES string of the molecule is COc1ccc(-c2noc(C3CCN(C(=O)Nc4cccc5ccccc45)CC3)n2)cc1. The third-order valence-corrected chi connectivity index (χ3v) is 5.95. The highest BCUT2D eigenvalue weighted by Crippen LogP contribution is 2.30. The molecule has 1 aliphatic rings. The molecular formula is C25H24N4O3. The highest BCUT2D eigenvalue weighted by atomic mass is 16.5. The van der Waals surface area contributed by atoms with Gasteiger partial charge in [0.25, 0.3) is 0 Å². The fraction of sp³-hybridized carbons (Fsp3) is 0.240. The van der Waals surface area contributed by atoms with E-state index >= 15 is 0 Å². The van der Waals surface area contributed by atoms with E-state index in [9.17, 15) is 4.79 Å². The summed E-state index contributed by atoms with van der Waals surface area (Å²) in [4.78, 5) is 19.3. The van der Waals surface area contributed by atoms with Crippen molar-refractivity contribution in [2.45, 2.75) is 18.8 Å². The number of carbonyl (C=O) groups is 1. The lowest BCUT2D eigenvalue weighted by Gasteiger charge is -2.30. The van der Waals surface area contributed by atoms with Gasteiger partial charge >= 0.3 is 6.03 Å². The summed E-state index contributed by atoms with van der Waals surface area (Å²) in [7, 11) is 1.64. The van der Waals surface area contributed by atoms with Crippen LogP contribution in [0.25, 0.3) is 22.2 Å². The number of nitrogens with one attached hydrogen (secondary N) is 1. The Balaban J connectivity index is 1.21. The van der Waals surface area contributed by atoms with E-state index in [1.165, 1.54) is 0 Å². The number of methoxy groups -OCH3 is 1. The standard InChI is InChI=1S/C25H24N4O3/c1-31-20-11-9-18(10-12-20)23-27-24(32-28-23)19-13-15-29(16-14-19)25(30)26-22-8-4-6-17-5-2-3-7-21(17)22/h2-12,19H,13-16H2,1H3,(H,26,30). The minimum atomic E-state index is -0.0794. The molecule has 1 N–H and O–H groups in total. The molecule has 7 heteroatoms. The number of ether oxygens (including phenoxy) is 1. The van der Waals surface area contributed by atoms with Gasteiger partial charge in [0.2, 0.25) is 11.7 Å². The number of benzene rings is 3. The quantitative estimate of drug-likeness (QED) is 0.476. The van der Waals surface area contributed by atoms with Crippen molar-refractivity contribution in [2.24, 2.45) is 0 Å². The highest BCUT2D eigenvalue weighted by Gasteiger charge is 2.28. The number of aromatic nitrogens is 2. The van der Waals surface area contributed by atoms with Crippen molar-refractivity contribution in [1.82, 2.24) is 15.0 Å². The monoisotopic (exact) mass is 428 g/mol. The van der Waals surface area contributed by atoms with Crippen LogP contribution < -0.4 is 10.1 Å². The molecule has 0 unspecified atom stereocenters. The Bertz CT molecular complexity index is 1220. The Labute approximate surface area is 186 Å². The number of urea groups is 1. The molecule has 162 valence electrons. The molecule has 2 amide bonds. The van der Waals surface area contributed by atoms with Gasteiger partial charge in [-0.3, -0.25) is 0 Å². The van der Waals surface area contributed by atoms with Crippen molar-refractivity contribution in [3.8, 4) is 17.1 Å². The summed E-state index contributed by atoms with van der Waals surface area (Å²) >= 11 is 0. The molecule has 0 radical (unpaired) electrons. The zero-order valence-electron chi connectivity index (χ0n) is 17.8. The number of piperidine rings is 1. The fourth-order valence-corrected chi connectivity index (χ4v) is 4.12. The molecule has 1 saturated heterocycles. The normalized spacial score (nSPS) is 14.5. The number of hydrogen-bond acceptors (Lipinski definition) is 5. The molecule has 0 aliphatic carbocycles. The minimum Gasteiger partial charge on any atom is -0.497 e. The predicted molar refractivity (Wildman–Crippen MR) is 123 cm³/mol. The first kappa shape index (κ1) is 20.1. The van der Waals surface area contributed by atoms with Crippen LogP contribution in [0.15, 0.2) is 71.3 Å². The van der Waals surface area contributed by atoms with Gasteiger partial charge in [-0.05, 0) is 48.6 Å². The molecule has 1 aliphatic heterocycles. The number of fused-ring (bicyclic) bond motifs is 1. The van der Waals surface area contributed by atoms with E-state index in [2.05, 4.69) is 15.5 Å². The van der Waals surface area contributed by atoms with Gasteiger partial charge in [0.15, 0.2) is 0 Å². The lowest BCUT2D eigenvalue weighted by atomic mass is 9.97. The molecule has 2 heterocycles. The second-order valence-electron chi connectivity index (χ2n) is 7.90. The van der Waals surface area contributed by atoms with Crippen molar-refractivity contribution in [3.05, 3.63) is 72.6 Å². The minimum absolute atomic E-state index is 0.0794. The molecule has 0 saturated carbocycles. The van der Waals surface area contributed by atoms with Crippen molar-refractivity contribution >= 4 is 22.5 Å². The summed E-state index contributed by atoms with van der Waals surface area (Å²) in [5.41, 5.74) is 1.71. The number of rotatable bonds is 4. The Morgan fingerprint density at radius 2 is 1.78 bits per heavy atom. The number of likely N-dealkylation sites (tertiary alicyclic amines) is 1. The van der Waals surface area contributed by atoms with E-state index in [0.717, 1.165) is 40.6 Å². The summed E-state index contributed by atoms with van der Waals surface area (Å²) in [5, 5.41) is 9.35. The summed E-state index contributed by atoms with van der Waals surface area (Å²) in [5.74, 6) is 2.13. The number of carbonyl (C=O) groups excluding carboxylic acids is 1. The third-order valence-electron chi connectivity index (χ3n) is 5.95. The molecular weight excluding hydrogens is 404 g/mol. The fourth-order valence-electron chi connectivity index (χ4n) is 4.12. The van der Waals surface area contributed by atoms with Crippen LogP contribution in [-0.4, -0.2) is 41.3 Å². The van der Waals surface area contributed by atoms with Crippen LogP contribution in [0.2, 0.25) is 0 Å². The lowest BCUT2D eigenvalue weighted by molar-refractivity contribution is 0.187. The number of anilines is 1. The first-order chi connectivity index (χ1) is 15.7. The molecule has 4 aromatic rings. The maximum Gasteiger partial charge on any atom is 0.321 e. The Kier molecular flexibility index (Phi) is 5.46. The van der Waals surface area contributed by atoms with Crippen LogP contribution in [0.5, 0.6) is 5.75 Å². The first-order valence-electron chi connectivity index (χ1n) is 10.7. The van der Waals surface area contributed by atoms with Gasteiger partial charge in [-0.2, -0.15) is 4.98 Å². The van der Waals surface area contributed by atoms with E-state index < -0.39 is 0 Å². The Hall–Kier alpha value is -3.87. The topological polar surface area (TPSA) is 80.5 Å². The second-order valence-corrected chi connectivity index (χ2v) is 7.90. The Morgan fingerprint density at radius 3 is 2.56 bits per heavy atom. The summed E-state index contributed by atoms with van der Waals surface area (Å²) in [6.45, 7) is 1.28. The van der Waals surface area contributed by atoms with Gasteiger partial charge in [-0.25, -0.2) is 4.79 Å². The number of amides is 2. The van der Waals surface area contributed by atoms with E-state index in [0.29, 0.717) is 24.8 Å². The van der Waals surface area contributed by atoms with Crippen molar-refractivity contribution < 1.29 is 14.1 Å². The molecule has 32 heavy (non-hydrogen) atoms. The maximum atomic E-state index is 12.8. The average molecular weight is 428 g/mol. The van der Waals surface area contributed by atoms with Gasteiger partial charge in [-0.15, -0.1) is 0 Å². The number of nitrogens with zero attached hydrogens (tertiary/aromatic N) is 3. The van der Waals surface area contributed by atoms with Gasteiger partial charge in [0, 0.05) is 30.0 Å². The molecule has 0 spiro atoms. The maximum absolute atomic E-state index is 12.8. The van der Waals surface area contributed by atoms with Gasteiger partial charge < -0.3 is 19.5 Å². The van der Waals surface area contributed by atoms with Crippen molar-refractivity contribution in [2.75, 3.05) is 25.5 Å². The second kappa shape index (κ2) is 8.70. The van der Waals surface area contributed by atoms with Crippen molar-refractivity contribution in [1.29, 1.82) is 0 Å². The van der Waals surface area contributed by atoms with E-state index in [1.807, 2.05) is 71.6 Å². The van der Waals surface area contributed by atoms with Crippen LogP contribution in [0.4, 0.5) is 10.5 Å². The third kappa shape index (κ3) is 4.01. The molecule has 0 bridgehead atoms. The van der Waals surface area contributed by atoms with Gasteiger partial charge in [0.05, 0.1) is 12.8 Å². The summed E-state index contributed by atoms with van der Waals surface area (Å²) < 4.78 is 10.7. The smallest absolute Gasteiger partial charge is 0.321 e. The molecule has 0 atom stereocenters. The highest BCUT2D eigenvalue weighted by molar-refractivity contribution is 6.01. The summed E-state index contributed by atoms with van der Waals surface area (Å²) in [6, 6.07) is 21.5. The largest absolute Gasteiger partial charge is 0.497 e. The molecule has 3 aromatic carbocycles. The van der Waals surface area contributed by atoms with Crippen molar-refractivity contribution in [3.63, 3.8) is 0 Å². The van der Waals surface area contributed by atoms with Crippen LogP contribution in [-0.2, 0) is 0 Å². The van der Waals surface area contributed by atoms with Crippen LogP contribution in [0.3, 0.4) is 0 Å². The zero-order chi connectivity index (χ0) is 21.9. The summed E-state index contributed by atoms with van der Waals surface area (Å²) in [6.07, 6.45) is 1.57. The van der Waals surface area contributed by atoms with Gasteiger partial charge in [-0.1, -0.05) is 41.6 Å². The van der Waals surface area contributed by atoms with E-state index in [-0.39, 0.29) is 11.9 Å². The van der Waals surface area contributed by atoms with E-state index in [4.69, 9.17) is 9.26 Å². The molecule has 1 fully saturated rings. The predicted octanol–water partition coefficient (Wildman–Crippen LogP) is 5.31. The van der Waals surface area contributed by atoms with Crippen LogP contribution in [0.1, 0.15) is 24.7 Å². The van der Waals surface area contributed by atoms with Crippen LogP contribution in [0, 0.1) is 0 Å². The molecule has 1 aromatic heterocycles. The lowest BCUT2D eigenvalue weighted by Crippen LogP contribution is -2.40. The number of hydrogen-bond donors (Lipinski definition) is 1. The van der Waals surface area contributed by atoms with Gasteiger partial charge in [0.1, 0.15) is 5.75 Å². The molecule has 7 nitrogen and oxygen atoms in total. The van der Waals surface area contributed by atoms with Crippen LogP contribution >= 0.6 is 0 Å². The van der Waals surface area contributed by atoms with E-state index in [1.54, 1.807) is 7.11 Å². The molecule has 5 rings (SSSR count). The Morgan fingerprint density at radius 1 is 1.03 bits per heavy atom. The first-order valence-corrected chi connectivity index (χ1v) is 10.7. The zero-order valence-corrected chi connectivity index (χ0v) is 17.8. The average Bonchev–Trinajstić information content (AvgIpc) is 3.35.